The summed E-state index contributed by atoms with van der Waals surface area (Å²) in [5, 5.41) is 10.8. The molecule has 0 aliphatic rings. The largest absolute Gasteiger partial charge is 0.348 e. The fourth-order valence-corrected chi connectivity index (χ4v) is 2.50. The average Bonchev–Trinajstić information content (AvgIpc) is 2.64. The zero-order valence-corrected chi connectivity index (χ0v) is 14.5. The number of aromatic nitrogens is 3. The SMILES string of the molecule is CC(C)N(Cc1ccccc1)c1cnnc(Nc2ccc(F)c(F)c2)n1. The highest BCUT2D eigenvalue weighted by molar-refractivity contribution is 5.54. The summed E-state index contributed by atoms with van der Waals surface area (Å²) in [4.78, 5) is 6.55. The molecule has 0 saturated heterocycles. The molecule has 1 aromatic heterocycles. The molecule has 7 heteroatoms. The van der Waals surface area contributed by atoms with Crippen molar-refractivity contribution in [3.05, 3.63) is 71.9 Å². The lowest BCUT2D eigenvalue weighted by Gasteiger charge is -2.27. The lowest BCUT2D eigenvalue weighted by molar-refractivity contribution is 0.509. The molecule has 3 rings (SSSR count). The molecule has 26 heavy (non-hydrogen) atoms. The second-order valence-corrected chi connectivity index (χ2v) is 6.10. The van der Waals surface area contributed by atoms with Gasteiger partial charge in [0.1, 0.15) is 0 Å². The smallest absolute Gasteiger partial charge is 0.249 e. The van der Waals surface area contributed by atoms with E-state index in [2.05, 4.69) is 39.2 Å². The summed E-state index contributed by atoms with van der Waals surface area (Å²) in [6.45, 7) is 4.79. The van der Waals surface area contributed by atoms with Gasteiger partial charge in [-0.1, -0.05) is 30.3 Å². The van der Waals surface area contributed by atoms with Gasteiger partial charge < -0.3 is 10.2 Å². The molecule has 5 nitrogen and oxygen atoms in total. The molecule has 0 atom stereocenters. The van der Waals surface area contributed by atoms with Crippen molar-refractivity contribution in [3.63, 3.8) is 0 Å². The minimum absolute atomic E-state index is 0.183. The van der Waals surface area contributed by atoms with Crippen LogP contribution in [-0.2, 0) is 6.54 Å². The fraction of sp³-hybridized carbons (Fsp3) is 0.211. The molecule has 0 amide bonds. The lowest BCUT2D eigenvalue weighted by atomic mass is 10.2. The first kappa shape index (κ1) is 17.7. The Morgan fingerprint density at radius 1 is 1.04 bits per heavy atom. The summed E-state index contributed by atoms with van der Waals surface area (Å²) in [6, 6.07) is 13.7. The maximum atomic E-state index is 13.4. The Kier molecular flexibility index (Phi) is 5.36. The van der Waals surface area contributed by atoms with Crippen molar-refractivity contribution >= 4 is 17.5 Å². The third kappa shape index (κ3) is 4.30. The normalized spacial score (nSPS) is 10.8. The molecule has 0 bridgehead atoms. The first-order valence-corrected chi connectivity index (χ1v) is 8.25. The van der Waals surface area contributed by atoms with Gasteiger partial charge in [0.25, 0.3) is 0 Å². The molecule has 0 aliphatic heterocycles. The second-order valence-electron chi connectivity index (χ2n) is 6.10. The lowest BCUT2D eigenvalue weighted by Crippen LogP contribution is -2.31. The predicted octanol–water partition coefficient (Wildman–Crippen LogP) is 4.31. The van der Waals surface area contributed by atoms with Gasteiger partial charge in [0.15, 0.2) is 17.5 Å². The van der Waals surface area contributed by atoms with Crippen LogP contribution >= 0.6 is 0 Å². The molecule has 0 fully saturated rings. The molecule has 0 saturated carbocycles. The summed E-state index contributed by atoms with van der Waals surface area (Å²) < 4.78 is 26.4. The zero-order chi connectivity index (χ0) is 18.5. The number of anilines is 3. The van der Waals surface area contributed by atoms with Crippen molar-refractivity contribution in [2.75, 3.05) is 10.2 Å². The van der Waals surface area contributed by atoms with Gasteiger partial charge in [0.05, 0.1) is 6.20 Å². The number of nitrogens with zero attached hydrogens (tertiary/aromatic N) is 4. The van der Waals surface area contributed by atoms with Gasteiger partial charge in [-0.25, -0.2) is 8.78 Å². The van der Waals surface area contributed by atoms with Gasteiger partial charge in [-0.15, -0.1) is 5.10 Å². The van der Waals surface area contributed by atoms with E-state index in [0.29, 0.717) is 18.1 Å². The van der Waals surface area contributed by atoms with E-state index < -0.39 is 11.6 Å². The van der Waals surface area contributed by atoms with Crippen LogP contribution in [0, 0.1) is 11.6 Å². The number of nitrogens with one attached hydrogen (secondary N) is 1. The topological polar surface area (TPSA) is 53.9 Å². The van der Waals surface area contributed by atoms with Crippen LogP contribution in [0.3, 0.4) is 0 Å². The Morgan fingerprint density at radius 3 is 2.50 bits per heavy atom. The van der Waals surface area contributed by atoms with Crippen molar-refractivity contribution in [1.82, 2.24) is 15.2 Å². The van der Waals surface area contributed by atoms with Crippen LogP contribution < -0.4 is 10.2 Å². The Bertz CT molecular complexity index is 871. The number of hydrogen-bond donors (Lipinski definition) is 1. The van der Waals surface area contributed by atoms with Crippen molar-refractivity contribution < 1.29 is 8.78 Å². The van der Waals surface area contributed by atoms with Crippen molar-refractivity contribution in [3.8, 4) is 0 Å². The molecule has 134 valence electrons. The zero-order valence-electron chi connectivity index (χ0n) is 14.5. The van der Waals surface area contributed by atoms with E-state index in [1.165, 1.54) is 6.07 Å². The first-order chi connectivity index (χ1) is 12.5. The van der Waals surface area contributed by atoms with E-state index in [-0.39, 0.29) is 12.0 Å². The van der Waals surface area contributed by atoms with E-state index in [9.17, 15) is 8.78 Å². The van der Waals surface area contributed by atoms with Crippen LogP contribution in [0.15, 0.2) is 54.7 Å². The molecule has 0 radical (unpaired) electrons. The van der Waals surface area contributed by atoms with Crippen LogP contribution in [0.25, 0.3) is 0 Å². The van der Waals surface area contributed by atoms with Gasteiger partial charge >= 0.3 is 0 Å². The van der Waals surface area contributed by atoms with Crippen LogP contribution in [0.4, 0.5) is 26.2 Å². The molecule has 1 heterocycles. The number of hydrogen-bond acceptors (Lipinski definition) is 5. The van der Waals surface area contributed by atoms with Crippen LogP contribution in [0.2, 0.25) is 0 Å². The quantitative estimate of drug-likeness (QED) is 0.714. The highest BCUT2D eigenvalue weighted by Crippen LogP contribution is 2.20. The van der Waals surface area contributed by atoms with Crippen molar-refractivity contribution in [1.29, 1.82) is 0 Å². The van der Waals surface area contributed by atoms with E-state index in [1.54, 1.807) is 6.20 Å². The standard InChI is InChI=1S/C19H19F2N5/c1-13(2)26(12-14-6-4-3-5-7-14)18-11-22-25-19(24-18)23-15-8-9-16(20)17(21)10-15/h3-11,13H,12H2,1-2H3,(H,23,24,25). The van der Waals surface area contributed by atoms with Crippen LogP contribution in [0.5, 0.6) is 0 Å². The predicted molar refractivity (Wildman–Crippen MR) is 97.2 cm³/mol. The maximum Gasteiger partial charge on any atom is 0.249 e. The Balaban J connectivity index is 1.82. The van der Waals surface area contributed by atoms with Gasteiger partial charge in [0.2, 0.25) is 5.95 Å². The Labute approximate surface area is 150 Å². The summed E-state index contributed by atoms with van der Waals surface area (Å²) in [5.41, 5.74) is 1.50. The summed E-state index contributed by atoms with van der Waals surface area (Å²) in [7, 11) is 0. The highest BCUT2D eigenvalue weighted by Gasteiger charge is 2.14. The maximum absolute atomic E-state index is 13.4. The van der Waals surface area contributed by atoms with Gasteiger partial charge in [0, 0.05) is 24.3 Å². The average molecular weight is 355 g/mol. The Morgan fingerprint density at radius 2 is 1.81 bits per heavy atom. The van der Waals surface area contributed by atoms with Gasteiger partial charge in [-0.05, 0) is 31.5 Å². The van der Waals surface area contributed by atoms with E-state index in [0.717, 1.165) is 17.7 Å². The molecule has 2 aromatic carbocycles. The van der Waals surface area contributed by atoms with Gasteiger partial charge in [-0.3, -0.25) is 0 Å². The Hall–Kier alpha value is -3.09. The molecule has 0 aliphatic carbocycles. The third-order valence-electron chi connectivity index (χ3n) is 3.84. The van der Waals surface area contributed by atoms with Crippen LogP contribution in [-0.4, -0.2) is 21.2 Å². The third-order valence-corrected chi connectivity index (χ3v) is 3.84. The van der Waals surface area contributed by atoms with Crippen LogP contribution in [0.1, 0.15) is 19.4 Å². The molecular formula is C19H19F2N5. The highest BCUT2D eigenvalue weighted by atomic mass is 19.2. The van der Waals surface area contributed by atoms with Crippen molar-refractivity contribution in [2.24, 2.45) is 0 Å². The number of benzene rings is 2. The summed E-state index contributed by atoms with van der Waals surface area (Å²) in [6.07, 6.45) is 1.58. The van der Waals surface area contributed by atoms with E-state index >= 15 is 0 Å². The van der Waals surface area contributed by atoms with E-state index in [4.69, 9.17) is 0 Å². The summed E-state index contributed by atoms with van der Waals surface area (Å²) in [5.74, 6) is -0.986. The molecule has 0 unspecified atom stereocenters. The molecule has 3 aromatic rings. The number of rotatable bonds is 6. The molecule has 0 spiro atoms. The minimum atomic E-state index is -0.938. The van der Waals surface area contributed by atoms with Crippen molar-refractivity contribution in [2.45, 2.75) is 26.4 Å². The molecular weight excluding hydrogens is 336 g/mol. The van der Waals surface area contributed by atoms with E-state index in [1.807, 2.05) is 30.3 Å². The minimum Gasteiger partial charge on any atom is -0.348 e. The second kappa shape index (κ2) is 7.86. The summed E-state index contributed by atoms with van der Waals surface area (Å²) >= 11 is 0. The first-order valence-electron chi connectivity index (χ1n) is 8.25. The monoisotopic (exact) mass is 355 g/mol. The number of halogens is 2. The van der Waals surface area contributed by atoms with Gasteiger partial charge in [-0.2, -0.15) is 10.1 Å². The molecule has 1 N–H and O–H groups in total. The fourth-order valence-electron chi connectivity index (χ4n) is 2.50.